The first kappa shape index (κ1) is 15.9. The van der Waals surface area contributed by atoms with Gasteiger partial charge in [-0.3, -0.25) is 4.79 Å². The van der Waals surface area contributed by atoms with Crippen LogP contribution in [-0.4, -0.2) is 31.9 Å². The van der Waals surface area contributed by atoms with Crippen LogP contribution in [0.15, 0.2) is 24.7 Å². The Balaban J connectivity index is 1.63. The lowest BCUT2D eigenvalue weighted by atomic mass is 10.0. The van der Waals surface area contributed by atoms with Crippen LogP contribution in [0.5, 0.6) is 0 Å². The third kappa shape index (κ3) is 2.84. The van der Waals surface area contributed by atoms with Gasteiger partial charge in [0.25, 0.3) is 0 Å². The van der Waals surface area contributed by atoms with Crippen molar-refractivity contribution in [2.75, 3.05) is 6.54 Å². The molecule has 4 rings (SSSR count). The lowest BCUT2D eigenvalue weighted by Gasteiger charge is -2.20. The molecule has 1 aromatic carbocycles. The van der Waals surface area contributed by atoms with E-state index in [0.29, 0.717) is 13.0 Å². The molecule has 5 nitrogen and oxygen atoms in total. The molecule has 0 saturated carbocycles. The van der Waals surface area contributed by atoms with Crippen molar-refractivity contribution in [1.29, 1.82) is 0 Å². The minimum atomic E-state index is 0.192. The van der Waals surface area contributed by atoms with Crippen LogP contribution >= 0.6 is 0 Å². The normalized spacial score (nSPS) is 14.6. The summed E-state index contributed by atoms with van der Waals surface area (Å²) in [6, 6.07) is 4.37. The molecule has 0 spiro atoms. The summed E-state index contributed by atoms with van der Waals surface area (Å²) < 4.78 is 2.15. The standard InChI is InChI=1S/C20H24N4O/c1-13-7-14(2)20-18(8-13)17(15(3)22-20)9-19(25)23-5-4-6-24-12-21-10-16(24)11-23/h7-8,10,12,22H,4-6,9,11H2,1-3H3. The monoisotopic (exact) mass is 336 g/mol. The average molecular weight is 336 g/mol. The Hall–Kier alpha value is -2.56. The number of aromatic nitrogens is 3. The molecule has 25 heavy (non-hydrogen) atoms. The second-order valence-electron chi connectivity index (χ2n) is 7.16. The predicted molar refractivity (Wildman–Crippen MR) is 98.5 cm³/mol. The molecule has 0 atom stereocenters. The third-order valence-corrected chi connectivity index (χ3v) is 5.23. The van der Waals surface area contributed by atoms with Gasteiger partial charge in [0.15, 0.2) is 0 Å². The highest BCUT2D eigenvalue weighted by Crippen LogP contribution is 2.27. The van der Waals surface area contributed by atoms with Gasteiger partial charge in [0.05, 0.1) is 25.0 Å². The molecule has 130 valence electrons. The predicted octanol–water partition coefficient (Wildman–Crippen LogP) is 3.26. The number of imidazole rings is 1. The van der Waals surface area contributed by atoms with E-state index in [1.54, 1.807) is 0 Å². The average Bonchev–Trinajstić information content (AvgIpc) is 3.06. The van der Waals surface area contributed by atoms with Gasteiger partial charge in [0.1, 0.15) is 0 Å². The van der Waals surface area contributed by atoms with E-state index in [2.05, 4.69) is 47.4 Å². The zero-order valence-corrected chi connectivity index (χ0v) is 15.1. The first-order valence-electron chi connectivity index (χ1n) is 8.88. The fraction of sp³-hybridized carbons (Fsp3) is 0.400. The van der Waals surface area contributed by atoms with Gasteiger partial charge in [-0.1, -0.05) is 11.6 Å². The summed E-state index contributed by atoms with van der Waals surface area (Å²) in [6.45, 7) is 8.68. The molecule has 1 aliphatic rings. The molecule has 2 aromatic heterocycles. The number of nitrogens with zero attached hydrogens (tertiary/aromatic N) is 3. The number of amides is 1. The molecule has 3 aromatic rings. The zero-order chi connectivity index (χ0) is 17.6. The number of benzene rings is 1. The zero-order valence-electron chi connectivity index (χ0n) is 15.1. The van der Waals surface area contributed by atoms with Gasteiger partial charge < -0.3 is 14.5 Å². The second kappa shape index (κ2) is 6.06. The van der Waals surface area contributed by atoms with Crippen LogP contribution in [0.3, 0.4) is 0 Å². The molecule has 5 heteroatoms. The fourth-order valence-corrected chi connectivity index (χ4v) is 3.93. The summed E-state index contributed by atoms with van der Waals surface area (Å²) >= 11 is 0. The molecular formula is C20H24N4O. The Kier molecular flexibility index (Phi) is 3.86. The highest BCUT2D eigenvalue weighted by atomic mass is 16.2. The molecule has 0 unspecified atom stereocenters. The largest absolute Gasteiger partial charge is 0.358 e. The molecule has 0 aliphatic carbocycles. The number of rotatable bonds is 2. The Labute approximate surface area is 147 Å². The van der Waals surface area contributed by atoms with Crippen molar-refractivity contribution in [2.45, 2.75) is 46.7 Å². The number of fused-ring (bicyclic) bond motifs is 2. The van der Waals surface area contributed by atoms with Crippen LogP contribution in [0.4, 0.5) is 0 Å². The van der Waals surface area contributed by atoms with Crippen LogP contribution in [0.25, 0.3) is 10.9 Å². The number of carbonyl (C=O) groups excluding carboxylic acids is 1. The third-order valence-electron chi connectivity index (χ3n) is 5.23. The van der Waals surface area contributed by atoms with Crippen molar-refractivity contribution in [3.63, 3.8) is 0 Å². The van der Waals surface area contributed by atoms with Crippen molar-refractivity contribution >= 4 is 16.8 Å². The van der Waals surface area contributed by atoms with E-state index in [9.17, 15) is 4.79 Å². The Morgan fingerprint density at radius 1 is 1.24 bits per heavy atom. The molecule has 0 fully saturated rings. The van der Waals surface area contributed by atoms with Crippen molar-refractivity contribution in [3.05, 3.63) is 52.7 Å². The lowest BCUT2D eigenvalue weighted by Crippen LogP contribution is -2.32. The van der Waals surface area contributed by atoms with Crippen LogP contribution in [0.1, 0.15) is 34.5 Å². The summed E-state index contributed by atoms with van der Waals surface area (Å²) in [7, 11) is 0. The highest BCUT2D eigenvalue weighted by Gasteiger charge is 2.21. The van der Waals surface area contributed by atoms with Gasteiger partial charge in [-0.25, -0.2) is 4.98 Å². The number of aryl methyl sites for hydroxylation is 4. The maximum atomic E-state index is 13.0. The first-order chi connectivity index (χ1) is 12.0. The van der Waals surface area contributed by atoms with Crippen LogP contribution < -0.4 is 0 Å². The van der Waals surface area contributed by atoms with Crippen LogP contribution in [0, 0.1) is 20.8 Å². The molecule has 0 saturated heterocycles. The molecular weight excluding hydrogens is 312 g/mol. The minimum absolute atomic E-state index is 0.192. The van der Waals surface area contributed by atoms with Gasteiger partial charge in [-0.05, 0) is 44.4 Å². The van der Waals surface area contributed by atoms with Gasteiger partial charge in [-0.2, -0.15) is 0 Å². The number of nitrogens with one attached hydrogen (secondary N) is 1. The number of hydrogen-bond donors (Lipinski definition) is 1. The smallest absolute Gasteiger partial charge is 0.227 e. The number of carbonyl (C=O) groups is 1. The molecule has 3 heterocycles. The first-order valence-corrected chi connectivity index (χ1v) is 8.88. The van der Waals surface area contributed by atoms with E-state index in [4.69, 9.17) is 0 Å². The summed E-state index contributed by atoms with van der Waals surface area (Å²) in [5, 5.41) is 1.18. The molecule has 1 aliphatic heterocycles. The topological polar surface area (TPSA) is 53.9 Å². The highest BCUT2D eigenvalue weighted by molar-refractivity contribution is 5.92. The molecule has 0 bridgehead atoms. The van der Waals surface area contributed by atoms with E-state index in [-0.39, 0.29) is 5.91 Å². The van der Waals surface area contributed by atoms with E-state index in [0.717, 1.165) is 42.0 Å². The fourth-order valence-electron chi connectivity index (χ4n) is 3.93. The maximum absolute atomic E-state index is 13.0. The summed E-state index contributed by atoms with van der Waals surface area (Å²) in [6.07, 6.45) is 5.15. The summed E-state index contributed by atoms with van der Waals surface area (Å²) in [4.78, 5) is 22.7. The van der Waals surface area contributed by atoms with E-state index >= 15 is 0 Å². The van der Waals surface area contributed by atoms with Gasteiger partial charge in [0, 0.05) is 35.9 Å². The van der Waals surface area contributed by atoms with Gasteiger partial charge >= 0.3 is 0 Å². The van der Waals surface area contributed by atoms with Crippen molar-refractivity contribution in [2.24, 2.45) is 0 Å². The second-order valence-corrected chi connectivity index (χ2v) is 7.16. The van der Waals surface area contributed by atoms with Crippen molar-refractivity contribution in [3.8, 4) is 0 Å². The molecule has 1 N–H and O–H groups in total. The Morgan fingerprint density at radius 3 is 2.92 bits per heavy atom. The van der Waals surface area contributed by atoms with Crippen LogP contribution in [-0.2, 0) is 24.3 Å². The lowest BCUT2D eigenvalue weighted by molar-refractivity contribution is -0.131. The van der Waals surface area contributed by atoms with Crippen LogP contribution in [0.2, 0.25) is 0 Å². The molecule has 0 radical (unpaired) electrons. The summed E-state index contributed by atoms with van der Waals surface area (Å²) in [5.74, 6) is 0.192. The SMILES string of the molecule is Cc1cc(C)c2[nH]c(C)c(CC(=O)N3CCCn4cncc4C3)c2c1. The minimum Gasteiger partial charge on any atom is -0.358 e. The van der Waals surface area contributed by atoms with Crippen molar-refractivity contribution < 1.29 is 4.79 Å². The number of aromatic amines is 1. The summed E-state index contributed by atoms with van der Waals surface area (Å²) in [5.41, 5.74) is 6.96. The van der Waals surface area contributed by atoms with E-state index in [1.807, 2.05) is 17.4 Å². The van der Waals surface area contributed by atoms with Gasteiger partial charge in [-0.15, -0.1) is 0 Å². The number of H-pyrrole nitrogens is 1. The number of hydrogen-bond acceptors (Lipinski definition) is 2. The van der Waals surface area contributed by atoms with E-state index < -0.39 is 0 Å². The maximum Gasteiger partial charge on any atom is 0.227 e. The Bertz CT molecular complexity index is 950. The quantitative estimate of drug-likeness (QED) is 0.781. The molecule has 1 amide bonds. The Morgan fingerprint density at radius 2 is 2.08 bits per heavy atom. The van der Waals surface area contributed by atoms with Crippen molar-refractivity contribution in [1.82, 2.24) is 19.4 Å². The van der Waals surface area contributed by atoms with Gasteiger partial charge in [0.2, 0.25) is 5.91 Å². The van der Waals surface area contributed by atoms with E-state index in [1.165, 1.54) is 16.5 Å².